The van der Waals surface area contributed by atoms with Crippen molar-refractivity contribution in [2.75, 3.05) is 19.7 Å². The van der Waals surface area contributed by atoms with Gasteiger partial charge in [-0.3, -0.25) is 14.4 Å². The van der Waals surface area contributed by atoms with Gasteiger partial charge in [0.2, 0.25) is 17.7 Å². The topological polar surface area (TPSA) is 98.7 Å². The molecule has 7 nitrogen and oxygen atoms in total. The lowest BCUT2D eigenvalue weighted by Crippen LogP contribution is -2.56. The fourth-order valence-electron chi connectivity index (χ4n) is 5.35. The number of unbranched alkanes of at least 4 members (excludes halogenated alkanes) is 1. The Balaban J connectivity index is 1.94. The summed E-state index contributed by atoms with van der Waals surface area (Å²) < 4.78 is -0.561. The quantitative estimate of drug-likeness (QED) is 0.458. The lowest BCUT2D eigenvalue weighted by Gasteiger charge is -2.36. The predicted octanol–water partition coefficient (Wildman–Crippen LogP) is 1.29. The third kappa shape index (κ3) is 3.67. The van der Waals surface area contributed by atoms with Crippen molar-refractivity contribution >= 4 is 29.5 Å². The summed E-state index contributed by atoms with van der Waals surface area (Å²) in [5.41, 5.74) is 0. The average Bonchev–Trinajstić information content (AvgIpc) is 3.35. The Kier molecular flexibility index (Phi) is 7.14. The summed E-state index contributed by atoms with van der Waals surface area (Å²) in [7, 11) is 0. The van der Waals surface area contributed by atoms with Crippen LogP contribution in [-0.2, 0) is 14.4 Å². The molecule has 3 saturated heterocycles. The number of amides is 3. The zero-order valence-corrected chi connectivity index (χ0v) is 18.6. The molecule has 3 aliphatic rings. The van der Waals surface area contributed by atoms with E-state index in [1.54, 1.807) is 16.7 Å². The molecule has 2 unspecified atom stereocenters. The monoisotopic (exact) mass is 425 g/mol. The second-order valence-electron chi connectivity index (χ2n) is 8.48. The van der Waals surface area contributed by atoms with Crippen molar-refractivity contribution in [2.24, 2.45) is 11.8 Å². The minimum absolute atomic E-state index is 0.0617. The maximum absolute atomic E-state index is 13.6. The van der Waals surface area contributed by atoms with Crippen LogP contribution in [0.25, 0.3) is 0 Å². The standard InChI is InChI=1S/C21H35N3O4S/c1-4-7-11-23-19(27)17-21-9-8-14(29-21)15(18(26)22-10-5-2)16(21)20(28)24(17)13(6-3)12-25/h13-17,25H,4-12H2,1-3H3,(H,22,26)(H,23,27)/t13-,14-,15+,16-,17?,21?/m0/s1. The van der Waals surface area contributed by atoms with Crippen LogP contribution in [0.1, 0.15) is 59.3 Å². The Bertz CT molecular complexity index is 641. The van der Waals surface area contributed by atoms with Gasteiger partial charge in [-0.15, -0.1) is 11.8 Å². The van der Waals surface area contributed by atoms with Crippen molar-refractivity contribution in [1.82, 2.24) is 15.5 Å². The third-order valence-corrected chi connectivity index (χ3v) is 8.70. The largest absolute Gasteiger partial charge is 0.394 e. The molecule has 3 rings (SSSR count). The van der Waals surface area contributed by atoms with E-state index in [0.29, 0.717) is 19.5 Å². The SMILES string of the molecule is CCCCNC(=O)C1N([C@@H](CC)CO)C(=O)[C@@H]2[C@H](C(=O)NCCC)[C@@H]3CCC12S3. The zero-order valence-electron chi connectivity index (χ0n) is 17.8. The fourth-order valence-corrected chi connectivity index (χ4v) is 7.55. The van der Waals surface area contributed by atoms with Crippen LogP contribution in [0.15, 0.2) is 0 Å². The van der Waals surface area contributed by atoms with Crippen LogP contribution in [0, 0.1) is 11.8 Å². The fraction of sp³-hybridized carbons (Fsp3) is 0.857. The van der Waals surface area contributed by atoms with Crippen LogP contribution in [0.3, 0.4) is 0 Å². The Labute approximate surface area is 177 Å². The maximum Gasteiger partial charge on any atom is 0.244 e. The van der Waals surface area contributed by atoms with E-state index in [2.05, 4.69) is 17.6 Å². The molecule has 164 valence electrons. The number of rotatable bonds is 10. The lowest BCUT2D eigenvalue weighted by molar-refractivity contribution is -0.142. The van der Waals surface area contributed by atoms with Crippen molar-refractivity contribution in [3.05, 3.63) is 0 Å². The molecule has 3 fully saturated rings. The van der Waals surface area contributed by atoms with E-state index < -0.39 is 22.7 Å². The molecule has 0 aliphatic carbocycles. The highest BCUT2D eigenvalue weighted by Crippen LogP contribution is 2.66. The first-order chi connectivity index (χ1) is 14.0. The van der Waals surface area contributed by atoms with Gasteiger partial charge in [-0.05, 0) is 32.1 Å². The van der Waals surface area contributed by atoms with Crippen molar-refractivity contribution < 1.29 is 19.5 Å². The normalized spacial score (nSPS) is 33.7. The first kappa shape index (κ1) is 22.4. The molecule has 8 heteroatoms. The molecule has 3 amide bonds. The summed E-state index contributed by atoms with van der Waals surface area (Å²) in [6, 6.07) is -1.02. The number of nitrogens with one attached hydrogen (secondary N) is 2. The molecule has 0 aromatic rings. The van der Waals surface area contributed by atoms with Crippen LogP contribution in [0.2, 0.25) is 0 Å². The summed E-state index contributed by atoms with van der Waals surface area (Å²) in [6.07, 6.45) is 4.90. The third-order valence-electron chi connectivity index (χ3n) is 6.74. The van der Waals surface area contributed by atoms with E-state index in [4.69, 9.17) is 0 Å². The summed E-state index contributed by atoms with van der Waals surface area (Å²) in [6.45, 7) is 6.99. The van der Waals surface area contributed by atoms with Crippen molar-refractivity contribution in [1.29, 1.82) is 0 Å². The van der Waals surface area contributed by atoms with E-state index in [0.717, 1.165) is 32.1 Å². The number of thioether (sulfide) groups is 1. The first-order valence-electron chi connectivity index (χ1n) is 11.1. The summed E-state index contributed by atoms with van der Waals surface area (Å²) in [5, 5.41) is 16.0. The van der Waals surface area contributed by atoms with Gasteiger partial charge in [0.1, 0.15) is 6.04 Å². The molecule has 2 bridgehead atoms. The number of hydrogen-bond acceptors (Lipinski definition) is 5. The molecule has 0 saturated carbocycles. The van der Waals surface area contributed by atoms with E-state index >= 15 is 0 Å². The maximum atomic E-state index is 13.6. The van der Waals surface area contributed by atoms with Gasteiger partial charge < -0.3 is 20.6 Å². The molecule has 3 N–H and O–H groups in total. The minimum Gasteiger partial charge on any atom is -0.394 e. The van der Waals surface area contributed by atoms with E-state index in [1.807, 2.05) is 13.8 Å². The molecule has 29 heavy (non-hydrogen) atoms. The summed E-state index contributed by atoms with van der Waals surface area (Å²) in [4.78, 5) is 41.5. The van der Waals surface area contributed by atoms with Gasteiger partial charge >= 0.3 is 0 Å². The highest BCUT2D eigenvalue weighted by molar-refractivity contribution is 8.02. The number of hydrogen-bond donors (Lipinski definition) is 3. The number of likely N-dealkylation sites (tertiary alicyclic amines) is 1. The molecular formula is C21H35N3O4S. The van der Waals surface area contributed by atoms with Gasteiger partial charge in [0.05, 0.1) is 29.2 Å². The lowest BCUT2D eigenvalue weighted by atomic mass is 9.70. The Morgan fingerprint density at radius 2 is 1.93 bits per heavy atom. The number of aliphatic hydroxyl groups is 1. The molecule has 0 aromatic carbocycles. The highest BCUT2D eigenvalue weighted by Gasteiger charge is 2.74. The average molecular weight is 426 g/mol. The molecule has 0 aromatic heterocycles. The second kappa shape index (κ2) is 9.25. The zero-order chi connectivity index (χ0) is 21.2. The number of carbonyl (C=O) groups excluding carboxylic acids is 3. The van der Waals surface area contributed by atoms with Crippen LogP contribution in [0.4, 0.5) is 0 Å². The van der Waals surface area contributed by atoms with Crippen LogP contribution in [0.5, 0.6) is 0 Å². The molecule has 0 radical (unpaired) electrons. The van der Waals surface area contributed by atoms with E-state index in [1.165, 1.54) is 0 Å². The smallest absolute Gasteiger partial charge is 0.244 e. The molecule has 1 spiro atoms. The van der Waals surface area contributed by atoms with Gasteiger partial charge in [0.15, 0.2) is 0 Å². The molecular weight excluding hydrogens is 390 g/mol. The summed E-state index contributed by atoms with van der Waals surface area (Å²) in [5.74, 6) is -1.20. The summed E-state index contributed by atoms with van der Waals surface area (Å²) >= 11 is 1.68. The van der Waals surface area contributed by atoms with Crippen LogP contribution in [-0.4, -0.2) is 69.5 Å². The number of fused-ring (bicyclic) bond motifs is 1. The van der Waals surface area contributed by atoms with E-state index in [9.17, 15) is 19.5 Å². The van der Waals surface area contributed by atoms with E-state index in [-0.39, 0.29) is 35.5 Å². The van der Waals surface area contributed by atoms with Gasteiger partial charge in [-0.2, -0.15) is 0 Å². The highest BCUT2D eigenvalue weighted by atomic mass is 32.2. The molecule has 3 heterocycles. The van der Waals surface area contributed by atoms with Gasteiger partial charge in [-0.1, -0.05) is 27.2 Å². The number of aliphatic hydroxyl groups excluding tert-OH is 1. The Morgan fingerprint density at radius 1 is 1.21 bits per heavy atom. The second-order valence-corrected chi connectivity index (χ2v) is 10.1. The van der Waals surface area contributed by atoms with Crippen molar-refractivity contribution in [2.45, 2.75) is 81.4 Å². The van der Waals surface area contributed by atoms with Crippen LogP contribution < -0.4 is 10.6 Å². The van der Waals surface area contributed by atoms with Gasteiger partial charge in [-0.25, -0.2) is 0 Å². The van der Waals surface area contributed by atoms with Crippen molar-refractivity contribution in [3.8, 4) is 0 Å². The van der Waals surface area contributed by atoms with Crippen LogP contribution >= 0.6 is 11.8 Å². The van der Waals surface area contributed by atoms with Gasteiger partial charge in [0.25, 0.3) is 0 Å². The Hall–Kier alpha value is -1.28. The van der Waals surface area contributed by atoms with Gasteiger partial charge in [0, 0.05) is 18.3 Å². The first-order valence-corrected chi connectivity index (χ1v) is 12.0. The molecule has 3 aliphatic heterocycles. The number of nitrogens with zero attached hydrogens (tertiary/aromatic N) is 1. The molecule has 6 atom stereocenters. The predicted molar refractivity (Wildman–Crippen MR) is 113 cm³/mol. The number of carbonyl (C=O) groups is 3. The van der Waals surface area contributed by atoms with Crippen molar-refractivity contribution in [3.63, 3.8) is 0 Å². The Morgan fingerprint density at radius 3 is 2.55 bits per heavy atom. The minimum atomic E-state index is -0.618.